The quantitative estimate of drug-likeness (QED) is 0.167. The third kappa shape index (κ3) is 4.73. The molecule has 3 aromatic heterocycles. The predicted molar refractivity (Wildman–Crippen MR) is 240 cm³/mol. The number of fused-ring (bicyclic) bond motifs is 9. The highest BCUT2D eigenvalue weighted by Gasteiger charge is 2.21. The minimum absolute atomic E-state index is 0.0146. The van der Waals surface area contributed by atoms with E-state index in [1.807, 2.05) is 65.2 Å². The van der Waals surface area contributed by atoms with Crippen LogP contribution in [0.5, 0.6) is 0 Å². The topological polar surface area (TPSA) is 14.8 Å². The van der Waals surface area contributed by atoms with Crippen LogP contribution >= 0.6 is 0 Å². The lowest BCUT2D eigenvalue weighted by atomic mass is 10.0. The van der Waals surface area contributed by atoms with Crippen LogP contribution in [-0.4, -0.2) is 13.7 Å². The summed E-state index contributed by atoms with van der Waals surface area (Å²) in [5, 5.41) is 0.534. The van der Waals surface area contributed by atoms with Crippen LogP contribution in [0.15, 0.2) is 212 Å². The summed E-state index contributed by atoms with van der Waals surface area (Å²) >= 11 is 0. The third-order valence-corrected chi connectivity index (χ3v) is 10.4. The standard InChI is InChI=1S/C54H35N3/c1-3-16-36(17-4-1)40-20-7-11-25-47(40)56-49-27-13-9-22-42(49)45-34-37(30-32-51(45)56)38-31-33-52-46(35-38)43-23-10-14-28-50(43)57(52)53-29-15-24-44-41-21-8-12-26-48(41)55(54(44)53)39-18-5-2-6-19-39/h1-35H/i1D,3D,4D,9D,10D,13D,14D,16D,17D,22D,23D,27D,28D,30D,31D,32D,33D,34D,35D. The number of hydrogen-bond acceptors (Lipinski definition) is 0. The van der Waals surface area contributed by atoms with Crippen LogP contribution < -0.4 is 0 Å². The molecule has 0 bridgehead atoms. The third-order valence-electron chi connectivity index (χ3n) is 10.4. The summed E-state index contributed by atoms with van der Waals surface area (Å²) in [4.78, 5) is 0. The molecule has 9 aromatic carbocycles. The molecule has 3 heterocycles. The molecule has 266 valence electrons. The van der Waals surface area contributed by atoms with Gasteiger partial charge >= 0.3 is 0 Å². The molecule has 0 aliphatic rings. The first-order valence-corrected chi connectivity index (χ1v) is 18.1. The van der Waals surface area contributed by atoms with Gasteiger partial charge in [0, 0.05) is 43.6 Å². The average molecular weight is 745 g/mol. The molecule has 0 saturated heterocycles. The molecular formula is C54H35N3. The Morgan fingerprint density at radius 3 is 1.58 bits per heavy atom. The molecule has 0 aliphatic carbocycles. The average Bonchev–Trinajstić information content (AvgIpc) is 4.10. The molecule has 0 spiro atoms. The number of rotatable bonds is 5. The fourth-order valence-electron chi connectivity index (χ4n) is 8.05. The van der Waals surface area contributed by atoms with E-state index in [-0.39, 0.29) is 60.4 Å². The van der Waals surface area contributed by atoms with Crippen molar-refractivity contribution < 1.29 is 26.0 Å². The lowest BCUT2D eigenvalue weighted by molar-refractivity contribution is 1.13. The maximum atomic E-state index is 10.1. The van der Waals surface area contributed by atoms with Gasteiger partial charge in [-0.2, -0.15) is 0 Å². The predicted octanol–water partition coefficient (Wildman–Crippen LogP) is 14.3. The number of para-hydroxylation sites is 6. The summed E-state index contributed by atoms with van der Waals surface area (Å²) in [5.41, 5.74) is 0.144. The van der Waals surface area contributed by atoms with E-state index in [1.165, 1.54) is 33.4 Å². The summed E-state index contributed by atoms with van der Waals surface area (Å²) < 4.78 is 180. The Morgan fingerprint density at radius 1 is 0.316 bits per heavy atom. The largest absolute Gasteiger partial charge is 0.309 e. The van der Waals surface area contributed by atoms with Gasteiger partial charge in [0.15, 0.2) is 0 Å². The monoisotopic (exact) mass is 744 g/mol. The second kappa shape index (κ2) is 12.5. The van der Waals surface area contributed by atoms with Crippen LogP contribution in [0.4, 0.5) is 0 Å². The molecule has 0 unspecified atom stereocenters. The zero-order chi connectivity index (χ0) is 54.0. The van der Waals surface area contributed by atoms with Crippen LogP contribution in [0.2, 0.25) is 0 Å². The van der Waals surface area contributed by atoms with Crippen molar-refractivity contribution in [2.75, 3.05) is 0 Å². The molecule has 0 amide bonds. The van der Waals surface area contributed by atoms with Crippen molar-refractivity contribution in [1.29, 1.82) is 0 Å². The molecule has 0 radical (unpaired) electrons. The first-order chi connectivity index (χ1) is 36.2. The van der Waals surface area contributed by atoms with Crippen LogP contribution in [0.3, 0.4) is 0 Å². The molecule has 0 fully saturated rings. The van der Waals surface area contributed by atoms with Crippen LogP contribution in [0, 0.1) is 0 Å². The number of nitrogens with zero attached hydrogens (tertiary/aromatic N) is 3. The van der Waals surface area contributed by atoms with E-state index in [0.717, 1.165) is 22.0 Å². The molecule has 12 rings (SSSR count). The Labute approximate surface area is 356 Å². The van der Waals surface area contributed by atoms with E-state index >= 15 is 0 Å². The van der Waals surface area contributed by atoms with Crippen molar-refractivity contribution in [2.24, 2.45) is 0 Å². The summed E-state index contributed by atoms with van der Waals surface area (Å²) in [6.45, 7) is 0. The Bertz CT molecular complexity index is 4600. The van der Waals surface area contributed by atoms with Gasteiger partial charge in [-0.25, -0.2) is 0 Å². The molecule has 0 saturated carbocycles. The number of hydrogen-bond donors (Lipinski definition) is 0. The molecular weight excluding hydrogens is 691 g/mol. The maximum absolute atomic E-state index is 10.1. The fourth-order valence-corrected chi connectivity index (χ4v) is 8.05. The molecule has 0 N–H and O–H groups in total. The smallest absolute Gasteiger partial charge is 0.0782 e. The number of benzene rings is 9. The van der Waals surface area contributed by atoms with Crippen molar-refractivity contribution in [3.63, 3.8) is 0 Å². The van der Waals surface area contributed by atoms with Gasteiger partial charge in [-0.1, -0.05) is 145 Å². The van der Waals surface area contributed by atoms with Crippen LogP contribution in [0.25, 0.3) is 105 Å². The van der Waals surface area contributed by atoms with Crippen LogP contribution in [0.1, 0.15) is 26.0 Å². The highest BCUT2D eigenvalue weighted by atomic mass is 15.1. The lowest BCUT2D eigenvalue weighted by Crippen LogP contribution is -2.00. The maximum Gasteiger partial charge on any atom is 0.0782 e. The van der Waals surface area contributed by atoms with E-state index in [0.29, 0.717) is 11.2 Å². The minimum atomic E-state index is -0.777. The van der Waals surface area contributed by atoms with Gasteiger partial charge in [-0.05, 0) is 83.3 Å². The Morgan fingerprint density at radius 2 is 0.860 bits per heavy atom. The van der Waals surface area contributed by atoms with E-state index in [4.69, 9.17) is 12.3 Å². The number of aromatic nitrogens is 3. The highest BCUT2D eigenvalue weighted by Crippen LogP contribution is 2.42. The second-order valence-corrected chi connectivity index (χ2v) is 13.4. The van der Waals surface area contributed by atoms with Crippen molar-refractivity contribution in [1.82, 2.24) is 13.7 Å². The van der Waals surface area contributed by atoms with Crippen molar-refractivity contribution in [2.45, 2.75) is 0 Å². The van der Waals surface area contributed by atoms with E-state index in [9.17, 15) is 13.7 Å². The first kappa shape index (κ1) is 18.3. The molecule has 57 heavy (non-hydrogen) atoms. The van der Waals surface area contributed by atoms with Gasteiger partial charge in [-0.15, -0.1) is 0 Å². The molecule has 0 aliphatic heterocycles. The van der Waals surface area contributed by atoms with Crippen molar-refractivity contribution >= 4 is 65.4 Å². The molecule has 3 heteroatoms. The van der Waals surface area contributed by atoms with Crippen LogP contribution in [-0.2, 0) is 0 Å². The fraction of sp³-hybridized carbons (Fsp3) is 0. The Kier molecular flexibility index (Phi) is 4.01. The highest BCUT2D eigenvalue weighted by molar-refractivity contribution is 6.16. The zero-order valence-electron chi connectivity index (χ0n) is 48.6. The molecule has 3 nitrogen and oxygen atoms in total. The summed E-state index contributed by atoms with van der Waals surface area (Å²) in [7, 11) is 0. The first-order valence-electron chi connectivity index (χ1n) is 27.6. The SMILES string of the molecule is [2H]c1c([2H])c([2H])c(-c2ccccc2-n2c3c([2H])c([2H])c([2H])c([2H])c3c3c([2H])c(-c4c([2H])c([2H])c5c(c4[2H])c4c([2H])c([2H])c([2H])c([2H])c4n5-c4cccc5c6ccccc6n(-c6ccccc6)c45)c([2H])c([2H])c32)c([2H])c1[2H]. The lowest BCUT2D eigenvalue weighted by Gasteiger charge is -2.14. The summed E-state index contributed by atoms with van der Waals surface area (Å²) in [6, 6.07) is 16.0. The van der Waals surface area contributed by atoms with Gasteiger partial charge in [0.1, 0.15) is 0 Å². The van der Waals surface area contributed by atoms with Gasteiger partial charge in [0.05, 0.1) is 70.5 Å². The van der Waals surface area contributed by atoms with Gasteiger partial charge in [0.2, 0.25) is 0 Å². The van der Waals surface area contributed by atoms with Gasteiger partial charge in [0.25, 0.3) is 0 Å². The van der Waals surface area contributed by atoms with Crippen molar-refractivity contribution in [3.05, 3.63) is 212 Å². The van der Waals surface area contributed by atoms with E-state index < -0.39 is 126 Å². The Balaban J connectivity index is 1.24. The van der Waals surface area contributed by atoms with Crippen molar-refractivity contribution in [3.8, 4) is 39.3 Å². The summed E-state index contributed by atoms with van der Waals surface area (Å²) in [5.74, 6) is 0. The van der Waals surface area contributed by atoms with Gasteiger partial charge < -0.3 is 13.7 Å². The van der Waals surface area contributed by atoms with Gasteiger partial charge in [-0.3, -0.25) is 0 Å². The van der Waals surface area contributed by atoms with E-state index in [1.54, 1.807) is 12.1 Å². The Hall–Kier alpha value is -7.62. The molecule has 0 atom stereocenters. The summed E-state index contributed by atoms with van der Waals surface area (Å²) in [6.07, 6.45) is 0. The minimum Gasteiger partial charge on any atom is -0.309 e. The second-order valence-electron chi connectivity index (χ2n) is 13.4. The zero-order valence-corrected chi connectivity index (χ0v) is 29.6. The van der Waals surface area contributed by atoms with E-state index in [2.05, 4.69) is 0 Å². The normalized spacial score (nSPS) is 16.5. The molecule has 12 aromatic rings.